The molecule has 0 amide bonds. The van der Waals surface area contributed by atoms with Crippen LogP contribution in [-0.2, 0) is 0 Å². The normalized spacial score (nSPS) is 9.21. The molecule has 0 saturated carbocycles. The van der Waals surface area contributed by atoms with E-state index in [1.807, 2.05) is 24.3 Å². The summed E-state index contributed by atoms with van der Waals surface area (Å²) in [4.78, 5) is 3.83. The lowest BCUT2D eigenvalue weighted by molar-refractivity contribution is 0.572. The predicted octanol–water partition coefficient (Wildman–Crippen LogP) is 2.05. The molecule has 0 aliphatic rings. The van der Waals surface area contributed by atoms with Gasteiger partial charge >= 0.3 is 0 Å². The Kier molecular flexibility index (Phi) is 3.50. The molecule has 0 atom stereocenters. The molecule has 1 heterocycles. The average Bonchev–Trinajstić information content (AvgIpc) is 2.71. The highest BCUT2D eigenvalue weighted by Crippen LogP contribution is 2.19. The van der Waals surface area contributed by atoms with Crippen molar-refractivity contribution in [1.82, 2.24) is 4.98 Å². The number of benzene rings is 1. The number of hydrazine groups is 1. The Morgan fingerprint density at radius 1 is 1.21 bits per heavy atom. The first kappa shape index (κ1) is 10.6. The van der Waals surface area contributed by atoms with Crippen LogP contribution in [0.15, 0.2) is 41.3 Å². The van der Waals surface area contributed by atoms with Gasteiger partial charge in [0.2, 0.25) is 0 Å². The molecule has 0 radical (unpaired) electrons. The summed E-state index contributed by atoms with van der Waals surface area (Å²) in [6.45, 7) is 0. The van der Waals surface area contributed by atoms with Crippen LogP contribution in [0.25, 0.3) is 11.3 Å². The van der Waals surface area contributed by atoms with E-state index < -0.39 is 0 Å². The third-order valence-corrected chi connectivity index (χ3v) is 1.77. The zero-order valence-electron chi connectivity index (χ0n) is 7.31. The number of aromatic nitrogens is 1. The van der Waals surface area contributed by atoms with E-state index in [0.717, 1.165) is 17.0 Å². The minimum Gasteiger partial charge on any atom is -0.444 e. The highest BCUT2D eigenvalue weighted by atomic mass is 35.5. The number of anilines is 1. The smallest absolute Gasteiger partial charge is 0.181 e. The van der Waals surface area contributed by atoms with E-state index in [4.69, 9.17) is 10.3 Å². The van der Waals surface area contributed by atoms with Gasteiger partial charge in [-0.1, -0.05) is 0 Å². The summed E-state index contributed by atoms with van der Waals surface area (Å²) in [7, 11) is 0. The Balaban J connectivity index is 0.000000980. The molecule has 4 nitrogen and oxygen atoms in total. The van der Waals surface area contributed by atoms with Crippen molar-refractivity contribution in [1.29, 1.82) is 0 Å². The summed E-state index contributed by atoms with van der Waals surface area (Å²) in [5.41, 5.74) is 4.40. The molecule has 0 fully saturated rings. The summed E-state index contributed by atoms with van der Waals surface area (Å²) < 4.78 is 5.13. The molecule has 0 spiro atoms. The quantitative estimate of drug-likeness (QED) is 0.590. The zero-order valence-corrected chi connectivity index (χ0v) is 8.12. The van der Waals surface area contributed by atoms with Gasteiger partial charge in [-0.3, -0.25) is 5.84 Å². The van der Waals surface area contributed by atoms with E-state index in [1.54, 1.807) is 6.20 Å². The van der Waals surface area contributed by atoms with Gasteiger partial charge in [0.15, 0.2) is 12.2 Å². The van der Waals surface area contributed by atoms with Gasteiger partial charge in [-0.05, 0) is 24.3 Å². The Bertz CT molecular complexity index is 371. The van der Waals surface area contributed by atoms with Crippen molar-refractivity contribution in [2.24, 2.45) is 5.84 Å². The molecule has 0 unspecified atom stereocenters. The van der Waals surface area contributed by atoms with E-state index in [0.29, 0.717) is 0 Å². The SMILES string of the molecule is Cl.NNc1ccc(-c2cnco2)cc1. The van der Waals surface area contributed by atoms with E-state index in [1.165, 1.54) is 6.39 Å². The van der Waals surface area contributed by atoms with Crippen LogP contribution in [0.4, 0.5) is 5.69 Å². The number of nitrogen functional groups attached to an aromatic ring is 1. The van der Waals surface area contributed by atoms with Crippen LogP contribution in [0.3, 0.4) is 0 Å². The molecule has 2 aromatic rings. The molecule has 0 bridgehead atoms. The van der Waals surface area contributed by atoms with Gasteiger partial charge in [0.05, 0.1) is 6.20 Å². The van der Waals surface area contributed by atoms with E-state index in [2.05, 4.69) is 10.4 Å². The number of hydrogen-bond donors (Lipinski definition) is 2. The second-order valence-corrected chi connectivity index (χ2v) is 2.59. The number of nitrogens with one attached hydrogen (secondary N) is 1. The predicted molar refractivity (Wildman–Crippen MR) is 57.0 cm³/mol. The van der Waals surface area contributed by atoms with Gasteiger partial charge in [-0.2, -0.15) is 0 Å². The number of oxazole rings is 1. The molecule has 1 aromatic carbocycles. The molecular weight excluding hydrogens is 202 g/mol. The first-order valence-corrected chi connectivity index (χ1v) is 3.85. The third kappa shape index (κ3) is 2.04. The van der Waals surface area contributed by atoms with Crippen molar-refractivity contribution < 1.29 is 4.42 Å². The Morgan fingerprint density at radius 3 is 2.43 bits per heavy atom. The van der Waals surface area contributed by atoms with Crippen LogP contribution in [0.2, 0.25) is 0 Å². The summed E-state index contributed by atoms with van der Waals surface area (Å²) in [5, 5.41) is 0. The second-order valence-electron chi connectivity index (χ2n) is 2.59. The van der Waals surface area contributed by atoms with Gasteiger partial charge in [0.1, 0.15) is 0 Å². The van der Waals surface area contributed by atoms with Crippen LogP contribution in [-0.4, -0.2) is 4.98 Å². The second kappa shape index (κ2) is 4.64. The van der Waals surface area contributed by atoms with Crippen LogP contribution in [0.1, 0.15) is 0 Å². The number of nitrogens with two attached hydrogens (primary N) is 1. The molecule has 3 N–H and O–H groups in total. The number of nitrogens with zero attached hydrogens (tertiary/aromatic N) is 1. The number of rotatable bonds is 2. The minimum absolute atomic E-state index is 0. The van der Waals surface area contributed by atoms with Crippen LogP contribution >= 0.6 is 12.4 Å². The zero-order chi connectivity index (χ0) is 9.10. The maximum Gasteiger partial charge on any atom is 0.181 e. The third-order valence-electron chi connectivity index (χ3n) is 1.77. The van der Waals surface area contributed by atoms with Crippen LogP contribution < -0.4 is 11.3 Å². The first-order chi connectivity index (χ1) is 6.40. The largest absolute Gasteiger partial charge is 0.444 e. The maximum atomic E-state index is 5.23. The van der Waals surface area contributed by atoms with Gasteiger partial charge in [0, 0.05) is 11.3 Å². The first-order valence-electron chi connectivity index (χ1n) is 3.85. The average molecular weight is 212 g/mol. The summed E-state index contributed by atoms with van der Waals surface area (Å²) in [5.74, 6) is 5.99. The molecule has 5 heteroatoms. The Hall–Kier alpha value is -1.52. The molecule has 0 saturated heterocycles. The summed E-state index contributed by atoms with van der Waals surface area (Å²) in [6.07, 6.45) is 3.08. The monoisotopic (exact) mass is 211 g/mol. The van der Waals surface area contributed by atoms with Gasteiger partial charge in [-0.25, -0.2) is 4.98 Å². The van der Waals surface area contributed by atoms with Crippen LogP contribution in [0, 0.1) is 0 Å². The van der Waals surface area contributed by atoms with E-state index >= 15 is 0 Å². The highest BCUT2D eigenvalue weighted by Gasteiger charge is 1.99. The fourth-order valence-electron chi connectivity index (χ4n) is 1.09. The maximum absolute atomic E-state index is 5.23. The van der Waals surface area contributed by atoms with Crippen molar-refractivity contribution in [3.63, 3.8) is 0 Å². The van der Waals surface area contributed by atoms with E-state index in [-0.39, 0.29) is 12.4 Å². The lowest BCUT2D eigenvalue weighted by atomic mass is 10.2. The standard InChI is InChI=1S/C9H9N3O.ClH/c10-12-8-3-1-7(2-4-8)9-5-11-6-13-9;/h1-6,12H,10H2;1H. The van der Waals surface area contributed by atoms with Crippen molar-refractivity contribution in [3.05, 3.63) is 36.9 Å². The molecule has 2 rings (SSSR count). The molecular formula is C9H10ClN3O. The number of hydrogen-bond acceptors (Lipinski definition) is 4. The minimum atomic E-state index is 0. The lowest BCUT2D eigenvalue weighted by Crippen LogP contribution is -2.05. The Morgan fingerprint density at radius 2 is 1.93 bits per heavy atom. The van der Waals surface area contributed by atoms with Crippen molar-refractivity contribution in [2.45, 2.75) is 0 Å². The van der Waals surface area contributed by atoms with Crippen molar-refractivity contribution in [3.8, 4) is 11.3 Å². The van der Waals surface area contributed by atoms with Crippen molar-refractivity contribution in [2.75, 3.05) is 5.43 Å². The molecule has 0 aliphatic carbocycles. The fourth-order valence-corrected chi connectivity index (χ4v) is 1.09. The topological polar surface area (TPSA) is 64.1 Å². The molecule has 74 valence electrons. The fraction of sp³-hybridized carbons (Fsp3) is 0. The summed E-state index contributed by atoms with van der Waals surface area (Å²) >= 11 is 0. The summed E-state index contributed by atoms with van der Waals surface area (Å²) in [6, 6.07) is 7.57. The van der Waals surface area contributed by atoms with E-state index in [9.17, 15) is 0 Å². The van der Waals surface area contributed by atoms with Crippen LogP contribution in [0.5, 0.6) is 0 Å². The van der Waals surface area contributed by atoms with Gasteiger partial charge < -0.3 is 9.84 Å². The van der Waals surface area contributed by atoms with Gasteiger partial charge in [-0.15, -0.1) is 12.4 Å². The van der Waals surface area contributed by atoms with Gasteiger partial charge in [0.25, 0.3) is 0 Å². The molecule has 0 aliphatic heterocycles. The Labute approximate surface area is 87.5 Å². The molecule has 1 aromatic heterocycles. The number of halogens is 1. The highest BCUT2D eigenvalue weighted by molar-refractivity contribution is 5.85. The molecule has 14 heavy (non-hydrogen) atoms. The van der Waals surface area contributed by atoms with Crippen molar-refractivity contribution >= 4 is 18.1 Å². The lowest BCUT2D eigenvalue weighted by Gasteiger charge is -1.99.